The highest BCUT2D eigenvalue weighted by atomic mass is 79.9. The van der Waals surface area contributed by atoms with E-state index in [2.05, 4.69) is 58.7 Å². The number of piperidine rings is 1. The SMILES string of the molecule is C=CC(Br)C/C=C/C1(c2ccc(Cl)cc2)CCN(C)CC1. The highest BCUT2D eigenvalue weighted by molar-refractivity contribution is 9.09. The number of likely N-dealkylation sites (tertiary alicyclic amines) is 1. The van der Waals surface area contributed by atoms with Gasteiger partial charge in [0.1, 0.15) is 0 Å². The molecule has 3 heteroatoms. The van der Waals surface area contributed by atoms with Crippen LogP contribution in [0.15, 0.2) is 49.1 Å². The molecular formula is C18H23BrClN. The largest absolute Gasteiger partial charge is 0.306 e. The highest BCUT2D eigenvalue weighted by Gasteiger charge is 2.32. The molecule has 0 aliphatic carbocycles. The van der Waals surface area contributed by atoms with E-state index in [0.717, 1.165) is 37.4 Å². The second-order valence-corrected chi connectivity index (χ2v) is 7.47. The summed E-state index contributed by atoms with van der Waals surface area (Å²) in [6.45, 7) is 6.08. The zero-order valence-electron chi connectivity index (χ0n) is 12.6. The molecule has 1 heterocycles. The van der Waals surface area contributed by atoms with E-state index in [1.54, 1.807) is 0 Å². The fourth-order valence-electron chi connectivity index (χ4n) is 2.87. The van der Waals surface area contributed by atoms with E-state index >= 15 is 0 Å². The first-order valence-corrected chi connectivity index (χ1v) is 8.74. The van der Waals surface area contributed by atoms with Crippen LogP contribution in [0.1, 0.15) is 24.8 Å². The van der Waals surface area contributed by atoms with Crippen LogP contribution in [0.5, 0.6) is 0 Å². The van der Waals surface area contributed by atoms with Crippen molar-refractivity contribution in [2.45, 2.75) is 29.5 Å². The molecule has 0 amide bonds. The van der Waals surface area contributed by atoms with E-state index in [0.29, 0.717) is 4.83 Å². The Morgan fingerprint density at radius 3 is 2.52 bits per heavy atom. The Hall–Kier alpha value is -0.570. The molecule has 114 valence electrons. The van der Waals surface area contributed by atoms with Crippen molar-refractivity contribution >= 4 is 27.5 Å². The summed E-state index contributed by atoms with van der Waals surface area (Å²) in [4.78, 5) is 2.75. The molecule has 1 aliphatic heterocycles. The molecule has 0 aromatic heterocycles. The van der Waals surface area contributed by atoms with Crippen LogP contribution >= 0.6 is 27.5 Å². The quantitative estimate of drug-likeness (QED) is 0.510. The van der Waals surface area contributed by atoms with Crippen molar-refractivity contribution in [2.75, 3.05) is 20.1 Å². The van der Waals surface area contributed by atoms with Gasteiger partial charge in [-0.15, -0.1) is 6.58 Å². The van der Waals surface area contributed by atoms with Crippen molar-refractivity contribution in [1.82, 2.24) is 4.90 Å². The maximum absolute atomic E-state index is 6.04. The van der Waals surface area contributed by atoms with Gasteiger partial charge < -0.3 is 4.90 Å². The first-order chi connectivity index (χ1) is 10.1. The lowest BCUT2D eigenvalue weighted by molar-refractivity contribution is 0.217. The highest BCUT2D eigenvalue weighted by Crippen LogP contribution is 2.37. The third-order valence-electron chi connectivity index (χ3n) is 4.35. The zero-order valence-corrected chi connectivity index (χ0v) is 14.9. The van der Waals surface area contributed by atoms with Crippen LogP contribution < -0.4 is 0 Å². The first-order valence-electron chi connectivity index (χ1n) is 7.45. The van der Waals surface area contributed by atoms with Crippen molar-refractivity contribution in [1.29, 1.82) is 0 Å². The van der Waals surface area contributed by atoms with Crippen LogP contribution in [-0.4, -0.2) is 29.9 Å². The summed E-state index contributed by atoms with van der Waals surface area (Å²) in [5.74, 6) is 0. The van der Waals surface area contributed by atoms with Gasteiger partial charge in [0.2, 0.25) is 0 Å². The first kappa shape index (κ1) is 16.8. The van der Waals surface area contributed by atoms with E-state index in [4.69, 9.17) is 11.6 Å². The van der Waals surface area contributed by atoms with Gasteiger partial charge in [-0.3, -0.25) is 0 Å². The molecule has 1 fully saturated rings. The molecule has 1 aliphatic rings. The Labute approximate surface area is 141 Å². The average Bonchev–Trinajstić information content (AvgIpc) is 2.50. The van der Waals surface area contributed by atoms with Crippen LogP contribution in [0.25, 0.3) is 0 Å². The van der Waals surface area contributed by atoms with Crippen LogP contribution in [0.3, 0.4) is 0 Å². The molecule has 1 atom stereocenters. The predicted octanol–water partition coefficient (Wildman–Crippen LogP) is 5.20. The van der Waals surface area contributed by atoms with Gasteiger partial charge in [0.05, 0.1) is 0 Å². The monoisotopic (exact) mass is 367 g/mol. The lowest BCUT2D eigenvalue weighted by Crippen LogP contribution is -2.39. The van der Waals surface area contributed by atoms with Crippen LogP contribution in [0.4, 0.5) is 0 Å². The van der Waals surface area contributed by atoms with Gasteiger partial charge in [-0.05, 0) is 57.1 Å². The molecule has 1 aromatic carbocycles. The number of benzene rings is 1. The van der Waals surface area contributed by atoms with Gasteiger partial charge in [0, 0.05) is 15.3 Å². The van der Waals surface area contributed by atoms with E-state index in [1.165, 1.54) is 5.56 Å². The molecule has 0 radical (unpaired) electrons. The second-order valence-electron chi connectivity index (χ2n) is 5.86. The standard InChI is InChI=1S/C18H23BrClN/c1-3-16(19)5-4-10-18(11-13-21(2)14-12-18)15-6-8-17(20)9-7-15/h3-4,6-10,16H,1,5,11-14H2,2H3/b10-4+. The molecule has 21 heavy (non-hydrogen) atoms. The average molecular weight is 369 g/mol. The van der Waals surface area contributed by atoms with Gasteiger partial charge in [-0.25, -0.2) is 0 Å². The summed E-state index contributed by atoms with van der Waals surface area (Å²) < 4.78 is 0. The van der Waals surface area contributed by atoms with Gasteiger partial charge in [-0.2, -0.15) is 0 Å². The molecule has 1 nitrogen and oxygen atoms in total. The maximum atomic E-state index is 6.04. The third kappa shape index (κ3) is 4.45. The van der Waals surface area contributed by atoms with Crippen LogP contribution in [0.2, 0.25) is 5.02 Å². The third-order valence-corrected chi connectivity index (χ3v) is 5.35. The van der Waals surface area contributed by atoms with Crippen molar-refractivity contribution < 1.29 is 0 Å². The summed E-state index contributed by atoms with van der Waals surface area (Å²) >= 11 is 9.64. The molecule has 1 unspecified atom stereocenters. The Bertz CT molecular complexity index is 486. The number of alkyl halides is 1. The summed E-state index contributed by atoms with van der Waals surface area (Å²) in [6.07, 6.45) is 9.93. The minimum atomic E-state index is 0.144. The fraction of sp³-hybridized carbons (Fsp3) is 0.444. The van der Waals surface area contributed by atoms with Gasteiger partial charge in [-0.1, -0.05) is 57.9 Å². The number of hydrogen-bond donors (Lipinski definition) is 0. The Morgan fingerprint density at radius 1 is 1.33 bits per heavy atom. The van der Waals surface area contributed by atoms with E-state index in [9.17, 15) is 0 Å². The normalized spacial score (nSPS) is 20.5. The molecular weight excluding hydrogens is 346 g/mol. The summed E-state index contributed by atoms with van der Waals surface area (Å²) in [5, 5.41) is 0.804. The maximum Gasteiger partial charge on any atom is 0.0406 e. The minimum Gasteiger partial charge on any atom is -0.306 e. The summed E-state index contributed by atoms with van der Waals surface area (Å²) in [6, 6.07) is 8.36. The topological polar surface area (TPSA) is 3.24 Å². The summed E-state index contributed by atoms with van der Waals surface area (Å²) in [5.41, 5.74) is 1.52. The lowest BCUT2D eigenvalue weighted by atomic mass is 9.72. The fourth-order valence-corrected chi connectivity index (χ4v) is 3.21. The minimum absolute atomic E-state index is 0.144. The lowest BCUT2D eigenvalue weighted by Gasteiger charge is -2.39. The Morgan fingerprint density at radius 2 is 1.95 bits per heavy atom. The molecule has 1 aromatic rings. The number of hydrogen-bond acceptors (Lipinski definition) is 1. The van der Waals surface area contributed by atoms with E-state index < -0.39 is 0 Å². The molecule has 2 rings (SSSR count). The number of nitrogens with zero attached hydrogens (tertiary/aromatic N) is 1. The molecule has 0 bridgehead atoms. The van der Waals surface area contributed by atoms with E-state index in [1.807, 2.05) is 18.2 Å². The zero-order chi connectivity index (χ0) is 15.3. The van der Waals surface area contributed by atoms with Gasteiger partial charge >= 0.3 is 0 Å². The van der Waals surface area contributed by atoms with Crippen molar-refractivity contribution in [2.24, 2.45) is 0 Å². The van der Waals surface area contributed by atoms with Crippen molar-refractivity contribution in [3.63, 3.8) is 0 Å². The predicted molar refractivity (Wildman–Crippen MR) is 96.5 cm³/mol. The molecule has 0 saturated carbocycles. The molecule has 0 spiro atoms. The number of halogens is 2. The van der Waals surface area contributed by atoms with Crippen molar-refractivity contribution in [3.05, 3.63) is 59.7 Å². The van der Waals surface area contributed by atoms with Crippen molar-refractivity contribution in [3.8, 4) is 0 Å². The Balaban J connectivity index is 2.22. The van der Waals surface area contributed by atoms with E-state index in [-0.39, 0.29) is 5.41 Å². The van der Waals surface area contributed by atoms with Gasteiger partial charge in [0.25, 0.3) is 0 Å². The Kier molecular flexibility index (Phi) is 6.09. The van der Waals surface area contributed by atoms with Crippen LogP contribution in [-0.2, 0) is 5.41 Å². The van der Waals surface area contributed by atoms with Gasteiger partial charge in [0.15, 0.2) is 0 Å². The van der Waals surface area contributed by atoms with Crippen LogP contribution in [0, 0.1) is 0 Å². The molecule has 0 N–H and O–H groups in total. The molecule has 1 saturated heterocycles. The second kappa shape index (κ2) is 7.62. The smallest absolute Gasteiger partial charge is 0.0406 e. The summed E-state index contributed by atoms with van der Waals surface area (Å²) in [7, 11) is 2.20. The number of allylic oxidation sites excluding steroid dienone is 3. The number of rotatable bonds is 5.